The number of ketones is 1. The van der Waals surface area contributed by atoms with Crippen LogP contribution in [0.2, 0.25) is 0 Å². The SMILES string of the molecule is COc1ccc(-n2c(SCC(=O)c3ccccc3)nnc2-c2ccncc2)cc1. The molecule has 0 aliphatic carbocycles. The predicted molar refractivity (Wildman–Crippen MR) is 113 cm³/mol. The van der Waals surface area contributed by atoms with Gasteiger partial charge in [0.15, 0.2) is 16.8 Å². The van der Waals surface area contributed by atoms with Crippen molar-refractivity contribution < 1.29 is 9.53 Å². The number of methoxy groups -OCH3 is 1. The summed E-state index contributed by atoms with van der Waals surface area (Å²) in [6.07, 6.45) is 3.43. The minimum Gasteiger partial charge on any atom is -0.497 e. The van der Waals surface area contributed by atoms with Crippen molar-refractivity contribution >= 4 is 17.5 Å². The van der Waals surface area contributed by atoms with E-state index < -0.39 is 0 Å². The highest BCUT2D eigenvalue weighted by molar-refractivity contribution is 7.99. The number of ether oxygens (including phenoxy) is 1. The second kappa shape index (κ2) is 8.70. The third-order valence-electron chi connectivity index (χ3n) is 4.33. The molecule has 6 nitrogen and oxygen atoms in total. The maximum atomic E-state index is 12.5. The molecule has 2 aromatic heterocycles. The molecule has 144 valence electrons. The van der Waals surface area contributed by atoms with Gasteiger partial charge in [0.05, 0.1) is 12.9 Å². The molecule has 0 N–H and O–H groups in total. The van der Waals surface area contributed by atoms with Crippen LogP contribution < -0.4 is 4.74 Å². The van der Waals surface area contributed by atoms with Gasteiger partial charge in [0.1, 0.15) is 5.75 Å². The van der Waals surface area contributed by atoms with Gasteiger partial charge in [0.25, 0.3) is 0 Å². The summed E-state index contributed by atoms with van der Waals surface area (Å²) in [5, 5.41) is 9.37. The van der Waals surface area contributed by atoms with E-state index in [1.54, 1.807) is 19.5 Å². The number of thioether (sulfide) groups is 1. The van der Waals surface area contributed by atoms with Gasteiger partial charge in [-0.15, -0.1) is 10.2 Å². The Morgan fingerprint density at radius 3 is 2.38 bits per heavy atom. The molecule has 0 saturated carbocycles. The Morgan fingerprint density at radius 2 is 1.69 bits per heavy atom. The van der Waals surface area contributed by atoms with Gasteiger partial charge >= 0.3 is 0 Å². The maximum absolute atomic E-state index is 12.5. The molecule has 0 atom stereocenters. The van der Waals surface area contributed by atoms with Crippen LogP contribution in [0.3, 0.4) is 0 Å². The van der Waals surface area contributed by atoms with Crippen molar-refractivity contribution in [2.75, 3.05) is 12.9 Å². The monoisotopic (exact) mass is 402 g/mol. The third kappa shape index (κ3) is 4.20. The Labute approximate surface area is 172 Å². The van der Waals surface area contributed by atoms with Crippen molar-refractivity contribution in [2.24, 2.45) is 0 Å². The number of nitrogens with zero attached hydrogens (tertiary/aromatic N) is 4. The molecule has 4 rings (SSSR count). The predicted octanol–water partition coefficient (Wildman–Crippen LogP) is 4.31. The first-order valence-corrected chi connectivity index (χ1v) is 9.96. The molecule has 0 radical (unpaired) electrons. The highest BCUT2D eigenvalue weighted by Crippen LogP contribution is 2.29. The smallest absolute Gasteiger partial charge is 0.196 e. The molecule has 4 aromatic rings. The normalized spacial score (nSPS) is 10.7. The van der Waals surface area contributed by atoms with E-state index in [-0.39, 0.29) is 11.5 Å². The number of hydrogen-bond donors (Lipinski definition) is 0. The minimum atomic E-state index is 0.0466. The van der Waals surface area contributed by atoms with Gasteiger partial charge in [-0.1, -0.05) is 42.1 Å². The number of carbonyl (C=O) groups is 1. The second-order valence-electron chi connectivity index (χ2n) is 6.15. The van der Waals surface area contributed by atoms with Crippen LogP contribution in [0.25, 0.3) is 17.1 Å². The van der Waals surface area contributed by atoms with E-state index in [1.165, 1.54) is 11.8 Å². The van der Waals surface area contributed by atoms with E-state index in [4.69, 9.17) is 4.74 Å². The minimum absolute atomic E-state index is 0.0466. The molecule has 0 unspecified atom stereocenters. The highest BCUT2D eigenvalue weighted by Gasteiger charge is 2.17. The lowest BCUT2D eigenvalue weighted by Crippen LogP contribution is -2.05. The van der Waals surface area contributed by atoms with Gasteiger partial charge in [0, 0.05) is 29.2 Å². The van der Waals surface area contributed by atoms with Crippen molar-refractivity contribution in [3.8, 4) is 22.8 Å². The Bertz CT molecular complexity index is 1100. The molecule has 0 fully saturated rings. The van der Waals surface area contributed by atoms with Crippen molar-refractivity contribution in [2.45, 2.75) is 5.16 Å². The van der Waals surface area contributed by atoms with E-state index >= 15 is 0 Å². The standard InChI is InChI=1S/C22H18N4O2S/c1-28-19-9-7-18(8-10-19)26-21(17-11-13-23-14-12-17)24-25-22(26)29-15-20(27)16-5-3-2-4-6-16/h2-14H,15H2,1H3. The first kappa shape index (κ1) is 18.9. The zero-order valence-corrected chi connectivity index (χ0v) is 16.5. The molecule has 7 heteroatoms. The molecule has 2 aromatic carbocycles. The number of hydrogen-bond acceptors (Lipinski definition) is 6. The molecule has 29 heavy (non-hydrogen) atoms. The Hall–Kier alpha value is -3.45. The van der Waals surface area contributed by atoms with Crippen molar-refractivity contribution in [3.63, 3.8) is 0 Å². The Balaban J connectivity index is 1.68. The van der Waals surface area contributed by atoms with E-state index in [9.17, 15) is 4.79 Å². The fourth-order valence-electron chi connectivity index (χ4n) is 2.85. The quantitative estimate of drug-likeness (QED) is 0.339. The largest absolute Gasteiger partial charge is 0.497 e. The van der Waals surface area contributed by atoms with E-state index in [0.29, 0.717) is 16.5 Å². The van der Waals surface area contributed by atoms with Gasteiger partial charge < -0.3 is 4.74 Å². The summed E-state index contributed by atoms with van der Waals surface area (Å²) in [7, 11) is 1.63. The van der Waals surface area contributed by atoms with Crippen molar-refractivity contribution in [1.82, 2.24) is 19.7 Å². The zero-order chi connectivity index (χ0) is 20.1. The zero-order valence-electron chi connectivity index (χ0n) is 15.7. The summed E-state index contributed by atoms with van der Waals surface area (Å²) in [5.41, 5.74) is 2.46. The van der Waals surface area contributed by atoms with E-state index in [1.807, 2.05) is 71.3 Å². The number of benzene rings is 2. The van der Waals surface area contributed by atoms with Crippen LogP contribution in [0, 0.1) is 0 Å². The Morgan fingerprint density at radius 1 is 0.966 bits per heavy atom. The molecule has 0 spiro atoms. The van der Waals surface area contributed by atoms with Crippen LogP contribution in [-0.2, 0) is 0 Å². The third-order valence-corrected chi connectivity index (χ3v) is 5.26. The molecule has 2 heterocycles. The summed E-state index contributed by atoms with van der Waals surface area (Å²) >= 11 is 1.36. The molecule has 0 amide bonds. The lowest BCUT2D eigenvalue weighted by Gasteiger charge is -2.11. The molecular formula is C22H18N4O2S. The van der Waals surface area contributed by atoms with E-state index in [2.05, 4.69) is 15.2 Å². The fourth-order valence-corrected chi connectivity index (χ4v) is 3.70. The van der Waals surface area contributed by atoms with Crippen LogP contribution >= 0.6 is 11.8 Å². The number of rotatable bonds is 7. The number of carbonyl (C=O) groups excluding carboxylic acids is 1. The molecule has 0 aliphatic rings. The van der Waals surface area contributed by atoms with Crippen molar-refractivity contribution in [1.29, 1.82) is 0 Å². The van der Waals surface area contributed by atoms with Crippen molar-refractivity contribution in [3.05, 3.63) is 84.7 Å². The van der Waals surface area contributed by atoms with Gasteiger partial charge in [-0.05, 0) is 36.4 Å². The number of Topliss-reactive ketones (excluding diaryl/α,β-unsaturated/α-hetero) is 1. The topological polar surface area (TPSA) is 69.9 Å². The maximum Gasteiger partial charge on any atom is 0.196 e. The molecule has 0 saturated heterocycles. The van der Waals surface area contributed by atoms with Gasteiger partial charge in [-0.2, -0.15) is 0 Å². The Kier molecular flexibility index (Phi) is 5.67. The summed E-state index contributed by atoms with van der Waals surface area (Å²) < 4.78 is 7.20. The van der Waals surface area contributed by atoms with Gasteiger partial charge in [-0.25, -0.2) is 0 Å². The summed E-state index contributed by atoms with van der Waals surface area (Å²) in [5.74, 6) is 1.77. The first-order chi connectivity index (χ1) is 14.3. The second-order valence-corrected chi connectivity index (χ2v) is 7.10. The first-order valence-electron chi connectivity index (χ1n) is 8.97. The average Bonchev–Trinajstić information content (AvgIpc) is 3.22. The molecule has 0 bridgehead atoms. The summed E-state index contributed by atoms with van der Waals surface area (Å²) in [6.45, 7) is 0. The molecule has 0 aliphatic heterocycles. The summed E-state index contributed by atoms with van der Waals surface area (Å²) in [6, 6.07) is 20.7. The highest BCUT2D eigenvalue weighted by atomic mass is 32.2. The van der Waals surface area contributed by atoms with Crippen LogP contribution in [0.5, 0.6) is 5.75 Å². The van der Waals surface area contributed by atoms with E-state index in [0.717, 1.165) is 17.0 Å². The van der Waals surface area contributed by atoms with Crippen LogP contribution in [-0.4, -0.2) is 38.4 Å². The lowest BCUT2D eigenvalue weighted by atomic mass is 10.2. The van der Waals surface area contributed by atoms with Gasteiger partial charge in [-0.3, -0.25) is 14.3 Å². The summed E-state index contributed by atoms with van der Waals surface area (Å²) in [4.78, 5) is 16.6. The number of pyridine rings is 1. The lowest BCUT2D eigenvalue weighted by molar-refractivity contribution is 0.102. The van der Waals surface area contributed by atoms with Gasteiger partial charge in [0.2, 0.25) is 0 Å². The van der Waals surface area contributed by atoms with Crippen LogP contribution in [0.15, 0.2) is 84.3 Å². The number of aromatic nitrogens is 4. The van der Waals surface area contributed by atoms with Crippen LogP contribution in [0.4, 0.5) is 0 Å². The van der Waals surface area contributed by atoms with Crippen LogP contribution in [0.1, 0.15) is 10.4 Å². The average molecular weight is 402 g/mol. The molecular weight excluding hydrogens is 384 g/mol. The fraction of sp³-hybridized carbons (Fsp3) is 0.0909.